The van der Waals surface area contributed by atoms with Gasteiger partial charge in [0.15, 0.2) is 5.76 Å². The summed E-state index contributed by atoms with van der Waals surface area (Å²) in [6.07, 6.45) is 8.11. The van der Waals surface area contributed by atoms with E-state index in [1.54, 1.807) is 0 Å². The third kappa shape index (κ3) is 1.43. The molecule has 0 spiro atoms. The standard InChI is InChI=1S/C15H21NO2/c1-9-13(8-17)18-14(16-9)15-5-10-2-11(6-15)4-12(3-10)7-15/h10-12,17H,2-8H2,1H3. The van der Waals surface area contributed by atoms with E-state index in [9.17, 15) is 5.11 Å². The lowest BCUT2D eigenvalue weighted by molar-refractivity contribution is -0.0186. The lowest BCUT2D eigenvalue weighted by atomic mass is 9.49. The highest BCUT2D eigenvalue weighted by Crippen LogP contribution is 2.60. The quantitative estimate of drug-likeness (QED) is 0.874. The average molecular weight is 247 g/mol. The van der Waals surface area contributed by atoms with Crippen molar-refractivity contribution in [2.24, 2.45) is 17.8 Å². The van der Waals surface area contributed by atoms with E-state index >= 15 is 0 Å². The van der Waals surface area contributed by atoms with E-state index in [1.165, 1.54) is 38.5 Å². The van der Waals surface area contributed by atoms with E-state index < -0.39 is 0 Å². The van der Waals surface area contributed by atoms with Crippen LogP contribution in [0.25, 0.3) is 0 Å². The first-order valence-corrected chi connectivity index (χ1v) is 7.26. The number of nitrogens with zero attached hydrogens (tertiary/aromatic N) is 1. The molecule has 1 aromatic heterocycles. The zero-order chi connectivity index (χ0) is 12.3. The molecule has 4 aliphatic carbocycles. The summed E-state index contributed by atoms with van der Waals surface area (Å²) >= 11 is 0. The second-order valence-corrected chi connectivity index (χ2v) is 6.88. The van der Waals surface area contributed by atoms with Gasteiger partial charge in [0, 0.05) is 5.41 Å². The van der Waals surface area contributed by atoms with Crippen LogP contribution in [-0.4, -0.2) is 10.1 Å². The first-order chi connectivity index (χ1) is 8.68. The van der Waals surface area contributed by atoms with Gasteiger partial charge >= 0.3 is 0 Å². The number of aromatic nitrogens is 1. The van der Waals surface area contributed by atoms with Gasteiger partial charge in [-0.05, 0) is 63.2 Å². The molecule has 0 radical (unpaired) electrons. The fourth-order valence-electron chi connectivity index (χ4n) is 5.17. The number of hydrogen-bond acceptors (Lipinski definition) is 3. The van der Waals surface area contributed by atoms with Crippen molar-refractivity contribution in [2.45, 2.75) is 57.5 Å². The van der Waals surface area contributed by atoms with Crippen LogP contribution in [0.1, 0.15) is 55.9 Å². The Morgan fingerprint density at radius 3 is 2.17 bits per heavy atom. The number of aryl methyl sites for hydroxylation is 1. The normalized spacial score (nSPS) is 41.6. The maximum absolute atomic E-state index is 9.28. The third-order valence-electron chi connectivity index (χ3n) is 5.53. The molecule has 4 bridgehead atoms. The van der Waals surface area contributed by atoms with Crippen LogP contribution in [0.4, 0.5) is 0 Å². The maximum Gasteiger partial charge on any atom is 0.201 e. The highest BCUT2D eigenvalue weighted by atomic mass is 16.4. The molecule has 1 aromatic rings. The number of oxazole rings is 1. The van der Waals surface area contributed by atoms with Gasteiger partial charge in [0.1, 0.15) is 6.61 Å². The van der Waals surface area contributed by atoms with E-state index in [0.29, 0.717) is 5.76 Å². The molecule has 0 aliphatic heterocycles. The van der Waals surface area contributed by atoms with Crippen molar-refractivity contribution in [3.8, 4) is 0 Å². The first kappa shape index (κ1) is 11.0. The molecule has 18 heavy (non-hydrogen) atoms. The molecule has 0 atom stereocenters. The Balaban J connectivity index is 1.74. The summed E-state index contributed by atoms with van der Waals surface area (Å²) in [4.78, 5) is 4.64. The monoisotopic (exact) mass is 247 g/mol. The van der Waals surface area contributed by atoms with Crippen LogP contribution >= 0.6 is 0 Å². The van der Waals surface area contributed by atoms with Crippen LogP contribution in [0.2, 0.25) is 0 Å². The van der Waals surface area contributed by atoms with Crippen molar-refractivity contribution in [1.29, 1.82) is 0 Å². The predicted molar refractivity (Wildman–Crippen MR) is 67.0 cm³/mol. The van der Waals surface area contributed by atoms with Gasteiger partial charge in [-0.15, -0.1) is 0 Å². The van der Waals surface area contributed by atoms with Gasteiger partial charge in [-0.2, -0.15) is 0 Å². The Kier molecular flexibility index (Phi) is 2.20. The van der Waals surface area contributed by atoms with E-state index in [4.69, 9.17) is 4.42 Å². The lowest BCUT2D eigenvalue weighted by Gasteiger charge is -2.55. The molecule has 4 fully saturated rings. The zero-order valence-corrected chi connectivity index (χ0v) is 11.0. The molecule has 1 N–H and O–H groups in total. The van der Waals surface area contributed by atoms with Crippen LogP contribution in [0, 0.1) is 24.7 Å². The summed E-state index contributed by atoms with van der Waals surface area (Å²) in [6, 6.07) is 0. The van der Waals surface area contributed by atoms with Crippen LogP contribution in [0.5, 0.6) is 0 Å². The molecule has 3 nitrogen and oxygen atoms in total. The topological polar surface area (TPSA) is 46.3 Å². The Morgan fingerprint density at radius 2 is 1.72 bits per heavy atom. The fraction of sp³-hybridized carbons (Fsp3) is 0.800. The van der Waals surface area contributed by atoms with Crippen LogP contribution in [0.3, 0.4) is 0 Å². The Bertz CT molecular complexity index is 442. The van der Waals surface area contributed by atoms with Crippen molar-refractivity contribution >= 4 is 0 Å². The molecule has 0 saturated heterocycles. The van der Waals surface area contributed by atoms with Crippen molar-refractivity contribution in [1.82, 2.24) is 4.98 Å². The molecule has 4 aliphatic rings. The van der Waals surface area contributed by atoms with Gasteiger partial charge < -0.3 is 9.52 Å². The highest BCUT2D eigenvalue weighted by molar-refractivity contribution is 5.19. The summed E-state index contributed by atoms with van der Waals surface area (Å²) in [5.74, 6) is 4.31. The van der Waals surface area contributed by atoms with Crippen LogP contribution in [0.15, 0.2) is 4.42 Å². The second kappa shape index (κ2) is 3.60. The second-order valence-electron chi connectivity index (χ2n) is 6.88. The average Bonchev–Trinajstić information content (AvgIpc) is 2.69. The van der Waals surface area contributed by atoms with Crippen molar-refractivity contribution in [2.75, 3.05) is 0 Å². The molecule has 0 aromatic carbocycles. The summed E-state index contributed by atoms with van der Waals surface area (Å²) in [7, 11) is 0. The molecular weight excluding hydrogens is 226 g/mol. The minimum Gasteiger partial charge on any atom is -0.442 e. The predicted octanol–water partition coefficient (Wildman–Crippen LogP) is 2.94. The van der Waals surface area contributed by atoms with Crippen molar-refractivity contribution < 1.29 is 9.52 Å². The van der Waals surface area contributed by atoms with Crippen LogP contribution < -0.4 is 0 Å². The summed E-state index contributed by atoms with van der Waals surface area (Å²) in [5.41, 5.74) is 1.09. The van der Waals surface area contributed by atoms with E-state index in [1.807, 2.05) is 6.92 Å². The smallest absolute Gasteiger partial charge is 0.201 e. The zero-order valence-electron chi connectivity index (χ0n) is 11.0. The van der Waals surface area contributed by atoms with Gasteiger partial charge in [0.2, 0.25) is 5.89 Å². The van der Waals surface area contributed by atoms with E-state index in [0.717, 1.165) is 29.3 Å². The van der Waals surface area contributed by atoms with Crippen molar-refractivity contribution in [3.05, 3.63) is 17.3 Å². The summed E-state index contributed by atoms with van der Waals surface area (Å²) in [5, 5.41) is 9.28. The Hall–Kier alpha value is -0.830. The van der Waals surface area contributed by atoms with Gasteiger partial charge in [-0.25, -0.2) is 4.98 Å². The maximum atomic E-state index is 9.28. The van der Waals surface area contributed by atoms with Crippen molar-refractivity contribution in [3.63, 3.8) is 0 Å². The Morgan fingerprint density at radius 1 is 1.17 bits per heavy atom. The molecule has 5 rings (SSSR count). The third-order valence-corrected chi connectivity index (χ3v) is 5.53. The SMILES string of the molecule is Cc1nc(C23CC4CC(CC(C4)C2)C3)oc1CO. The van der Waals surface area contributed by atoms with Gasteiger partial charge in [0.25, 0.3) is 0 Å². The molecule has 98 valence electrons. The molecule has 0 amide bonds. The highest BCUT2D eigenvalue weighted by Gasteiger charge is 2.54. The molecule has 1 heterocycles. The first-order valence-electron chi connectivity index (χ1n) is 7.26. The minimum absolute atomic E-state index is 0.0226. The van der Waals surface area contributed by atoms with Gasteiger partial charge in [-0.3, -0.25) is 0 Å². The minimum atomic E-state index is -0.0226. The number of aliphatic hydroxyl groups is 1. The number of hydrogen-bond donors (Lipinski definition) is 1. The van der Waals surface area contributed by atoms with Gasteiger partial charge in [0.05, 0.1) is 5.69 Å². The number of aliphatic hydroxyl groups excluding tert-OH is 1. The molecule has 3 heteroatoms. The lowest BCUT2D eigenvalue weighted by Crippen LogP contribution is -2.48. The molecule has 4 saturated carbocycles. The van der Waals surface area contributed by atoms with E-state index in [-0.39, 0.29) is 12.0 Å². The summed E-state index contributed by atoms with van der Waals surface area (Å²) < 4.78 is 5.89. The fourth-order valence-corrected chi connectivity index (χ4v) is 5.17. The summed E-state index contributed by atoms with van der Waals surface area (Å²) in [6.45, 7) is 1.92. The van der Waals surface area contributed by atoms with E-state index in [2.05, 4.69) is 4.98 Å². The largest absolute Gasteiger partial charge is 0.442 e. The van der Waals surface area contributed by atoms with Crippen LogP contribution in [-0.2, 0) is 12.0 Å². The van der Waals surface area contributed by atoms with Gasteiger partial charge in [-0.1, -0.05) is 0 Å². The molecular formula is C15H21NO2. The number of rotatable bonds is 2. The Labute approximate surface area is 108 Å². The molecule has 0 unspecified atom stereocenters.